The highest BCUT2D eigenvalue weighted by Crippen LogP contribution is 2.23. The van der Waals surface area contributed by atoms with E-state index in [9.17, 15) is 9.59 Å². The van der Waals surface area contributed by atoms with Crippen LogP contribution in [0, 0.1) is 5.92 Å². The van der Waals surface area contributed by atoms with E-state index in [1.807, 2.05) is 52.4 Å². The van der Waals surface area contributed by atoms with Gasteiger partial charge in [0.2, 0.25) is 5.91 Å². The summed E-state index contributed by atoms with van der Waals surface area (Å²) in [5.41, 5.74) is 2.82. The van der Waals surface area contributed by atoms with Gasteiger partial charge in [0, 0.05) is 49.1 Å². The van der Waals surface area contributed by atoms with Crippen LogP contribution in [0.1, 0.15) is 28.8 Å². The normalized spacial score (nSPS) is 18.6. The van der Waals surface area contributed by atoms with Crippen LogP contribution in [-0.4, -0.2) is 72.6 Å². The molecule has 2 aliphatic rings. The smallest absolute Gasteiger partial charge is 0.254 e. The van der Waals surface area contributed by atoms with Crippen LogP contribution < -0.4 is 4.74 Å². The fourth-order valence-corrected chi connectivity index (χ4v) is 4.96. The van der Waals surface area contributed by atoms with Gasteiger partial charge in [-0.05, 0) is 48.7 Å². The molecular formula is C28H31N3O4. The van der Waals surface area contributed by atoms with Crippen LogP contribution in [0.25, 0.3) is 10.9 Å². The fourth-order valence-electron chi connectivity index (χ4n) is 4.96. The number of nitrogens with zero attached hydrogens (tertiary/aromatic N) is 3. The van der Waals surface area contributed by atoms with Crippen LogP contribution in [0.3, 0.4) is 0 Å². The van der Waals surface area contributed by atoms with Crippen molar-refractivity contribution in [2.45, 2.75) is 19.3 Å². The highest BCUT2D eigenvalue weighted by atomic mass is 16.5. The molecule has 0 saturated carbocycles. The number of likely N-dealkylation sites (tertiary alicyclic amines) is 1. The first-order chi connectivity index (χ1) is 17.2. The van der Waals surface area contributed by atoms with Crippen molar-refractivity contribution in [1.29, 1.82) is 0 Å². The summed E-state index contributed by atoms with van der Waals surface area (Å²) in [7, 11) is 0. The number of rotatable bonds is 7. The average Bonchev–Trinajstić information content (AvgIpc) is 3.15. The number of pyridine rings is 1. The summed E-state index contributed by atoms with van der Waals surface area (Å²) in [4.78, 5) is 33.4. The first-order valence-electron chi connectivity index (χ1n) is 12.4. The van der Waals surface area contributed by atoms with Crippen molar-refractivity contribution in [1.82, 2.24) is 14.8 Å². The van der Waals surface area contributed by atoms with Crippen molar-refractivity contribution >= 4 is 22.7 Å². The average molecular weight is 474 g/mol. The van der Waals surface area contributed by atoms with Crippen molar-refractivity contribution < 1.29 is 19.1 Å². The van der Waals surface area contributed by atoms with Crippen LogP contribution in [-0.2, 0) is 16.0 Å². The zero-order valence-electron chi connectivity index (χ0n) is 19.9. The molecule has 1 unspecified atom stereocenters. The lowest BCUT2D eigenvalue weighted by molar-refractivity contribution is -0.128. The van der Waals surface area contributed by atoms with Gasteiger partial charge in [-0.15, -0.1) is 0 Å². The lowest BCUT2D eigenvalue weighted by Crippen LogP contribution is -2.36. The van der Waals surface area contributed by atoms with Crippen LogP contribution >= 0.6 is 0 Å². The molecule has 2 aliphatic heterocycles. The molecule has 0 N–H and O–H groups in total. The van der Waals surface area contributed by atoms with Crippen molar-refractivity contribution in [3.05, 3.63) is 71.9 Å². The Kier molecular flexibility index (Phi) is 7.23. The van der Waals surface area contributed by atoms with E-state index in [1.165, 1.54) is 5.56 Å². The van der Waals surface area contributed by atoms with E-state index in [4.69, 9.17) is 9.47 Å². The molecule has 5 rings (SSSR count). The highest BCUT2D eigenvalue weighted by molar-refractivity contribution is 5.94. The SMILES string of the molecule is O=C1CCCN1CCOc1cccc(C(=O)N2CCOCC(Cc3cccc4ncccc34)C2)c1. The third-order valence-corrected chi connectivity index (χ3v) is 6.75. The molecule has 2 saturated heterocycles. The van der Waals surface area contributed by atoms with E-state index >= 15 is 0 Å². The minimum absolute atomic E-state index is 0.0137. The summed E-state index contributed by atoms with van der Waals surface area (Å²) in [6.45, 7) is 4.15. The third kappa shape index (κ3) is 5.62. The molecule has 182 valence electrons. The van der Waals surface area contributed by atoms with Crippen LogP contribution in [0.4, 0.5) is 0 Å². The lowest BCUT2D eigenvalue weighted by atomic mass is 9.96. The molecule has 0 bridgehead atoms. The maximum atomic E-state index is 13.4. The topological polar surface area (TPSA) is 72.0 Å². The Labute approximate surface area is 205 Å². The number of amides is 2. The summed E-state index contributed by atoms with van der Waals surface area (Å²) >= 11 is 0. The molecule has 1 aromatic heterocycles. The zero-order valence-corrected chi connectivity index (χ0v) is 19.9. The molecule has 2 fully saturated rings. The zero-order chi connectivity index (χ0) is 24.0. The fraction of sp³-hybridized carbons (Fsp3) is 0.393. The Morgan fingerprint density at radius 1 is 1.11 bits per heavy atom. The third-order valence-electron chi connectivity index (χ3n) is 6.75. The quantitative estimate of drug-likeness (QED) is 0.525. The molecule has 0 radical (unpaired) electrons. The van der Waals surface area contributed by atoms with Crippen LogP contribution in [0.15, 0.2) is 60.8 Å². The molecule has 3 aromatic rings. The van der Waals surface area contributed by atoms with E-state index < -0.39 is 0 Å². The van der Waals surface area contributed by atoms with Gasteiger partial charge >= 0.3 is 0 Å². The molecule has 0 spiro atoms. The number of benzene rings is 2. The van der Waals surface area contributed by atoms with Gasteiger partial charge in [0.1, 0.15) is 12.4 Å². The van der Waals surface area contributed by atoms with Crippen LogP contribution in [0.2, 0.25) is 0 Å². The van der Waals surface area contributed by atoms with Gasteiger partial charge < -0.3 is 19.3 Å². The van der Waals surface area contributed by atoms with Crippen molar-refractivity contribution in [3.8, 4) is 5.75 Å². The largest absolute Gasteiger partial charge is 0.492 e. The van der Waals surface area contributed by atoms with E-state index in [-0.39, 0.29) is 17.7 Å². The number of fused-ring (bicyclic) bond motifs is 1. The standard InChI is InChI=1S/C28H31N3O4/c32-27-10-4-12-30(27)14-16-35-24-7-1-6-23(18-24)28(33)31-13-15-34-20-21(19-31)17-22-5-2-9-26-25(22)8-3-11-29-26/h1-3,5-9,11,18,21H,4,10,12-17,19-20H2. The number of hydrogen-bond donors (Lipinski definition) is 0. The number of hydrogen-bond acceptors (Lipinski definition) is 5. The number of carbonyl (C=O) groups excluding carboxylic acids is 2. The second-order valence-electron chi connectivity index (χ2n) is 9.24. The van der Waals surface area contributed by atoms with E-state index in [1.54, 1.807) is 6.07 Å². The number of aromatic nitrogens is 1. The molecule has 2 aromatic carbocycles. The van der Waals surface area contributed by atoms with Gasteiger partial charge in [0.15, 0.2) is 0 Å². The molecule has 1 atom stereocenters. The highest BCUT2D eigenvalue weighted by Gasteiger charge is 2.25. The monoisotopic (exact) mass is 473 g/mol. The van der Waals surface area contributed by atoms with Gasteiger partial charge in [-0.1, -0.05) is 24.3 Å². The molecule has 7 heteroatoms. The summed E-state index contributed by atoms with van der Waals surface area (Å²) in [6, 6.07) is 17.6. The number of ether oxygens (including phenoxy) is 2. The number of carbonyl (C=O) groups is 2. The lowest BCUT2D eigenvalue weighted by Gasteiger charge is -2.24. The van der Waals surface area contributed by atoms with Gasteiger partial charge in [-0.25, -0.2) is 0 Å². The Hall–Kier alpha value is -3.45. The second-order valence-corrected chi connectivity index (χ2v) is 9.24. The Morgan fingerprint density at radius 3 is 2.91 bits per heavy atom. The van der Waals surface area contributed by atoms with E-state index in [0.29, 0.717) is 57.2 Å². The van der Waals surface area contributed by atoms with Gasteiger partial charge in [0.05, 0.1) is 25.3 Å². The maximum absolute atomic E-state index is 13.4. The first kappa shape index (κ1) is 23.3. The summed E-state index contributed by atoms with van der Waals surface area (Å²) < 4.78 is 11.7. The molecule has 35 heavy (non-hydrogen) atoms. The van der Waals surface area contributed by atoms with Crippen molar-refractivity contribution in [3.63, 3.8) is 0 Å². The predicted molar refractivity (Wildman–Crippen MR) is 133 cm³/mol. The van der Waals surface area contributed by atoms with Gasteiger partial charge in [-0.3, -0.25) is 14.6 Å². The van der Waals surface area contributed by atoms with E-state index in [0.717, 1.165) is 30.3 Å². The first-order valence-corrected chi connectivity index (χ1v) is 12.4. The van der Waals surface area contributed by atoms with Crippen molar-refractivity contribution in [2.75, 3.05) is 46.0 Å². The Balaban J connectivity index is 1.23. The predicted octanol–water partition coefficient (Wildman–Crippen LogP) is 3.57. The Bertz CT molecular complexity index is 1190. The summed E-state index contributed by atoms with van der Waals surface area (Å²) in [5, 5.41) is 1.15. The van der Waals surface area contributed by atoms with Crippen molar-refractivity contribution in [2.24, 2.45) is 5.92 Å². The molecular weight excluding hydrogens is 442 g/mol. The van der Waals surface area contributed by atoms with Crippen LogP contribution in [0.5, 0.6) is 5.75 Å². The van der Waals surface area contributed by atoms with Gasteiger partial charge in [-0.2, -0.15) is 0 Å². The summed E-state index contributed by atoms with van der Waals surface area (Å²) in [6.07, 6.45) is 4.18. The minimum Gasteiger partial charge on any atom is -0.492 e. The van der Waals surface area contributed by atoms with E-state index in [2.05, 4.69) is 17.1 Å². The Morgan fingerprint density at radius 2 is 2.03 bits per heavy atom. The molecule has 7 nitrogen and oxygen atoms in total. The minimum atomic E-state index is -0.0137. The molecule has 0 aliphatic carbocycles. The summed E-state index contributed by atoms with van der Waals surface area (Å²) in [5.74, 6) is 1.02. The van der Waals surface area contributed by atoms with Gasteiger partial charge in [0.25, 0.3) is 5.91 Å². The maximum Gasteiger partial charge on any atom is 0.254 e. The molecule has 2 amide bonds. The molecule has 3 heterocycles. The second kappa shape index (κ2) is 10.9.